The van der Waals surface area contributed by atoms with Crippen LogP contribution in [0.1, 0.15) is 39.5 Å². The Kier molecular flexibility index (Phi) is 6.62. The maximum Gasteiger partial charge on any atom is 0.315 e. The molecule has 1 aliphatic rings. The standard InChI is InChI=1S/C13H24N2O4/c1-9(3-4-12(16)17)14-13(18)15-10(2)11-5-7-19-8-6-11/h9-11H,3-8H2,1-2H3,(H,16,17)(H2,14,15,18). The third kappa shape index (κ3) is 6.42. The molecule has 2 amide bonds. The van der Waals surface area contributed by atoms with Crippen LogP contribution < -0.4 is 10.6 Å². The second-order valence-corrected chi connectivity index (χ2v) is 5.19. The van der Waals surface area contributed by atoms with Crippen molar-refractivity contribution in [2.45, 2.75) is 51.6 Å². The largest absolute Gasteiger partial charge is 0.481 e. The Hall–Kier alpha value is -1.30. The van der Waals surface area contributed by atoms with E-state index in [-0.39, 0.29) is 24.5 Å². The van der Waals surface area contributed by atoms with Gasteiger partial charge in [0.05, 0.1) is 0 Å². The van der Waals surface area contributed by atoms with Crippen molar-refractivity contribution in [2.75, 3.05) is 13.2 Å². The fourth-order valence-corrected chi connectivity index (χ4v) is 2.22. The Balaban J connectivity index is 2.23. The number of ether oxygens (including phenoxy) is 1. The van der Waals surface area contributed by atoms with Crippen molar-refractivity contribution in [3.8, 4) is 0 Å². The smallest absolute Gasteiger partial charge is 0.315 e. The summed E-state index contributed by atoms with van der Waals surface area (Å²) in [6, 6.07) is -0.259. The Labute approximate surface area is 113 Å². The molecule has 1 fully saturated rings. The summed E-state index contributed by atoms with van der Waals surface area (Å²) in [7, 11) is 0. The van der Waals surface area contributed by atoms with Gasteiger partial charge < -0.3 is 20.5 Å². The number of rotatable bonds is 6. The average molecular weight is 272 g/mol. The molecule has 2 atom stereocenters. The predicted molar refractivity (Wildman–Crippen MR) is 71.0 cm³/mol. The molecule has 0 saturated carbocycles. The van der Waals surface area contributed by atoms with Gasteiger partial charge in [0, 0.05) is 31.7 Å². The first-order chi connectivity index (χ1) is 8.99. The number of nitrogens with one attached hydrogen (secondary N) is 2. The van der Waals surface area contributed by atoms with Gasteiger partial charge in [0.25, 0.3) is 0 Å². The summed E-state index contributed by atoms with van der Waals surface area (Å²) in [4.78, 5) is 22.2. The van der Waals surface area contributed by atoms with Crippen molar-refractivity contribution < 1.29 is 19.4 Å². The molecule has 6 nitrogen and oxygen atoms in total. The van der Waals surface area contributed by atoms with Gasteiger partial charge in [0.2, 0.25) is 0 Å². The fourth-order valence-electron chi connectivity index (χ4n) is 2.22. The van der Waals surface area contributed by atoms with E-state index in [1.807, 2.05) is 13.8 Å². The molecule has 0 aliphatic carbocycles. The van der Waals surface area contributed by atoms with Crippen LogP contribution >= 0.6 is 0 Å². The van der Waals surface area contributed by atoms with E-state index in [2.05, 4.69) is 10.6 Å². The van der Waals surface area contributed by atoms with Gasteiger partial charge in [-0.05, 0) is 39.0 Å². The lowest BCUT2D eigenvalue weighted by atomic mass is 9.93. The highest BCUT2D eigenvalue weighted by atomic mass is 16.5. The van der Waals surface area contributed by atoms with Crippen LogP contribution in [0.2, 0.25) is 0 Å². The van der Waals surface area contributed by atoms with E-state index in [4.69, 9.17) is 9.84 Å². The van der Waals surface area contributed by atoms with Crippen molar-refractivity contribution >= 4 is 12.0 Å². The highest BCUT2D eigenvalue weighted by Gasteiger charge is 2.22. The molecule has 1 saturated heterocycles. The van der Waals surface area contributed by atoms with Gasteiger partial charge in [-0.1, -0.05) is 0 Å². The summed E-state index contributed by atoms with van der Waals surface area (Å²) in [5.41, 5.74) is 0. The quantitative estimate of drug-likeness (QED) is 0.681. The number of hydrogen-bond donors (Lipinski definition) is 3. The summed E-state index contributed by atoms with van der Waals surface area (Å²) in [5.74, 6) is -0.390. The van der Waals surface area contributed by atoms with Crippen LogP contribution in [-0.4, -0.2) is 42.4 Å². The number of carboxylic acid groups (broad SMARTS) is 1. The first-order valence-corrected chi connectivity index (χ1v) is 6.85. The summed E-state index contributed by atoms with van der Waals surface area (Å²) >= 11 is 0. The summed E-state index contributed by atoms with van der Waals surface area (Å²) in [6.07, 6.45) is 2.44. The van der Waals surface area contributed by atoms with Crippen molar-refractivity contribution in [3.63, 3.8) is 0 Å². The molecular formula is C13H24N2O4. The Bertz CT molecular complexity index is 303. The van der Waals surface area contributed by atoms with Crippen LogP contribution in [0, 0.1) is 5.92 Å². The lowest BCUT2D eigenvalue weighted by molar-refractivity contribution is -0.137. The van der Waals surface area contributed by atoms with Gasteiger partial charge in [-0.25, -0.2) is 4.79 Å². The maximum absolute atomic E-state index is 11.8. The van der Waals surface area contributed by atoms with Crippen LogP contribution in [0.4, 0.5) is 4.79 Å². The third-order valence-corrected chi connectivity index (χ3v) is 3.50. The number of urea groups is 1. The van der Waals surface area contributed by atoms with Crippen LogP contribution in [0.25, 0.3) is 0 Å². The molecule has 0 aromatic carbocycles. The molecule has 0 spiro atoms. The highest BCUT2D eigenvalue weighted by molar-refractivity contribution is 5.74. The van der Waals surface area contributed by atoms with E-state index in [1.54, 1.807) is 0 Å². The number of hydrogen-bond acceptors (Lipinski definition) is 3. The zero-order chi connectivity index (χ0) is 14.3. The summed E-state index contributed by atoms with van der Waals surface area (Å²) < 4.78 is 5.29. The van der Waals surface area contributed by atoms with Crippen LogP contribution in [0.5, 0.6) is 0 Å². The Morgan fingerprint density at radius 1 is 1.26 bits per heavy atom. The predicted octanol–water partition coefficient (Wildman–Crippen LogP) is 1.35. The van der Waals surface area contributed by atoms with Crippen LogP contribution in [0.3, 0.4) is 0 Å². The molecule has 3 N–H and O–H groups in total. The van der Waals surface area contributed by atoms with Crippen LogP contribution in [0.15, 0.2) is 0 Å². The van der Waals surface area contributed by atoms with E-state index >= 15 is 0 Å². The lowest BCUT2D eigenvalue weighted by Gasteiger charge is -2.28. The zero-order valence-electron chi connectivity index (χ0n) is 11.6. The molecule has 0 bridgehead atoms. The second kappa shape index (κ2) is 7.99. The molecule has 110 valence electrons. The van der Waals surface area contributed by atoms with Crippen LogP contribution in [-0.2, 0) is 9.53 Å². The fraction of sp³-hybridized carbons (Fsp3) is 0.846. The topological polar surface area (TPSA) is 87.7 Å². The van der Waals surface area contributed by atoms with Gasteiger partial charge in [-0.2, -0.15) is 0 Å². The van der Waals surface area contributed by atoms with Crippen molar-refractivity contribution in [1.29, 1.82) is 0 Å². The molecule has 1 rings (SSSR count). The number of aliphatic carboxylic acids is 1. The summed E-state index contributed by atoms with van der Waals surface area (Å²) in [6.45, 7) is 5.32. The Morgan fingerprint density at radius 2 is 1.89 bits per heavy atom. The maximum atomic E-state index is 11.8. The van der Waals surface area contributed by atoms with Gasteiger partial charge in [0.1, 0.15) is 0 Å². The van der Waals surface area contributed by atoms with Gasteiger partial charge in [-0.3, -0.25) is 4.79 Å². The molecule has 19 heavy (non-hydrogen) atoms. The molecule has 6 heteroatoms. The number of carbonyl (C=O) groups is 2. The SMILES string of the molecule is CC(CCC(=O)O)NC(=O)NC(C)C1CCOCC1. The van der Waals surface area contributed by atoms with E-state index in [9.17, 15) is 9.59 Å². The normalized spacial score (nSPS) is 19.5. The average Bonchev–Trinajstić information content (AvgIpc) is 2.37. The van der Waals surface area contributed by atoms with Gasteiger partial charge in [-0.15, -0.1) is 0 Å². The molecule has 0 aromatic rings. The van der Waals surface area contributed by atoms with E-state index < -0.39 is 5.97 Å². The van der Waals surface area contributed by atoms with E-state index in [0.717, 1.165) is 26.1 Å². The van der Waals surface area contributed by atoms with Gasteiger partial charge >= 0.3 is 12.0 Å². The van der Waals surface area contributed by atoms with Crippen molar-refractivity contribution in [3.05, 3.63) is 0 Å². The lowest BCUT2D eigenvalue weighted by Crippen LogP contribution is -2.47. The first-order valence-electron chi connectivity index (χ1n) is 6.85. The monoisotopic (exact) mass is 272 g/mol. The van der Waals surface area contributed by atoms with Gasteiger partial charge in [0.15, 0.2) is 0 Å². The number of carbonyl (C=O) groups excluding carboxylic acids is 1. The first kappa shape index (κ1) is 15.8. The number of carboxylic acids is 1. The molecular weight excluding hydrogens is 248 g/mol. The molecule has 0 radical (unpaired) electrons. The molecule has 2 unspecified atom stereocenters. The van der Waals surface area contributed by atoms with E-state index in [0.29, 0.717) is 12.3 Å². The minimum atomic E-state index is -0.843. The minimum Gasteiger partial charge on any atom is -0.481 e. The second-order valence-electron chi connectivity index (χ2n) is 5.19. The minimum absolute atomic E-state index is 0.0664. The number of amides is 2. The van der Waals surface area contributed by atoms with E-state index in [1.165, 1.54) is 0 Å². The molecule has 1 heterocycles. The summed E-state index contributed by atoms with van der Waals surface area (Å²) in [5, 5.41) is 14.2. The van der Waals surface area contributed by atoms with Crippen molar-refractivity contribution in [2.24, 2.45) is 5.92 Å². The highest BCUT2D eigenvalue weighted by Crippen LogP contribution is 2.18. The molecule has 1 aliphatic heterocycles. The third-order valence-electron chi connectivity index (χ3n) is 3.50. The molecule has 0 aromatic heterocycles. The zero-order valence-corrected chi connectivity index (χ0v) is 11.6. The van der Waals surface area contributed by atoms with Crippen molar-refractivity contribution in [1.82, 2.24) is 10.6 Å². The Morgan fingerprint density at radius 3 is 2.47 bits per heavy atom.